The third kappa shape index (κ3) is 7.33. The fourth-order valence-corrected chi connectivity index (χ4v) is 5.52. The van der Waals surface area contributed by atoms with Crippen LogP contribution in [0.1, 0.15) is 52.9 Å². The lowest BCUT2D eigenvalue weighted by Crippen LogP contribution is -2.46. The van der Waals surface area contributed by atoms with Crippen LogP contribution in [0.2, 0.25) is 0 Å². The van der Waals surface area contributed by atoms with Crippen LogP contribution in [0.4, 0.5) is 5.69 Å². The molecule has 1 amide bonds. The molecule has 1 saturated heterocycles. The van der Waals surface area contributed by atoms with Crippen molar-refractivity contribution < 1.29 is 14.3 Å². The summed E-state index contributed by atoms with van der Waals surface area (Å²) in [6.07, 6.45) is 1.22. The molecule has 41 heavy (non-hydrogen) atoms. The van der Waals surface area contributed by atoms with E-state index in [1.165, 1.54) is 5.39 Å². The van der Waals surface area contributed by atoms with E-state index in [1.807, 2.05) is 74.5 Å². The molecule has 4 aromatic rings. The number of hydrogen-bond donors (Lipinski definition) is 1. The number of ether oxygens (including phenoxy) is 1. The molecule has 1 heterocycles. The van der Waals surface area contributed by atoms with Crippen molar-refractivity contribution in [2.75, 3.05) is 37.6 Å². The lowest BCUT2D eigenvalue weighted by molar-refractivity contribution is -0.145. The summed E-state index contributed by atoms with van der Waals surface area (Å²) in [7, 11) is 0. The van der Waals surface area contributed by atoms with Gasteiger partial charge in [-0.2, -0.15) is 0 Å². The second kappa shape index (κ2) is 13.5. The monoisotopic (exact) mass is 549 g/mol. The maximum Gasteiger partial charge on any atom is 0.306 e. The molecular weight excluding hydrogens is 510 g/mol. The molecule has 0 spiro atoms. The predicted molar refractivity (Wildman–Crippen MR) is 165 cm³/mol. The van der Waals surface area contributed by atoms with Crippen molar-refractivity contribution in [3.63, 3.8) is 0 Å². The molecule has 6 heteroatoms. The van der Waals surface area contributed by atoms with Gasteiger partial charge in [-0.25, -0.2) is 0 Å². The minimum atomic E-state index is -0.146. The van der Waals surface area contributed by atoms with Gasteiger partial charge in [0.25, 0.3) is 5.91 Å². The van der Waals surface area contributed by atoms with Gasteiger partial charge in [0.2, 0.25) is 0 Å². The lowest BCUT2D eigenvalue weighted by atomic mass is 9.99. The predicted octanol–water partition coefficient (Wildman–Crippen LogP) is 6.28. The average Bonchev–Trinajstić information content (AvgIpc) is 3.01. The molecule has 1 atom stereocenters. The zero-order valence-electron chi connectivity index (χ0n) is 24.0. The Hall–Kier alpha value is -4.16. The van der Waals surface area contributed by atoms with Crippen LogP contribution in [0, 0.1) is 6.92 Å². The minimum Gasteiger partial charge on any atom is -0.461 e. The van der Waals surface area contributed by atoms with E-state index in [0.29, 0.717) is 18.6 Å². The third-order valence-electron chi connectivity index (χ3n) is 7.94. The van der Waals surface area contributed by atoms with Gasteiger partial charge in [-0.3, -0.25) is 14.5 Å². The number of carbonyl (C=O) groups is 2. The van der Waals surface area contributed by atoms with Gasteiger partial charge in [0.15, 0.2) is 0 Å². The number of hydrogen-bond acceptors (Lipinski definition) is 5. The van der Waals surface area contributed by atoms with E-state index >= 15 is 0 Å². The van der Waals surface area contributed by atoms with Crippen molar-refractivity contribution in [2.24, 2.45) is 0 Å². The van der Waals surface area contributed by atoms with E-state index in [-0.39, 0.29) is 17.9 Å². The topological polar surface area (TPSA) is 61.9 Å². The summed E-state index contributed by atoms with van der Waals surface area (Å²) in [5, 5.41) is 5.56. The second-order valence-electron chi connectivity index (χ2n) is 10.8. The molecule has 0 aliphatic carbocycles. The van der Waals surface area contributed by atoms with Gasteiger partial charge < -0.3 is 15.0 Å². The van der Waals surface area contributed by atoms with E-state index < -0.39 is 0 Å². The van der Waals surface area contributed by atoms with Crippen LogP contribution in [0.3, 0.4) is 0 Å². The van der Waals surface area contributed by atoms with Crippen LogP contribution in [-0.2, 0) is 16.1 Å². The largest absolute Gasteiger partial charge is 0.461 e. The lowest BCUT2D eigenvalue weighted by Gasteiger charge is -2.36. The third-order valence-corrected chi connectivity index (χ3v) is 7.94. The van der Waals surface area contributed by atoms with Crippen molar-refractivity contribution in [3.8, 4) is 0 Å². The van der Waals surface area contributed by atoms with E-state index in [0.717, 1.165) is 66.9 Å². The summed E-state index contributed by atoms with van der Waals surface area (Å²) >= 11 is 0. The molecule has 1 N–H and O–H groups in total. The molecule has 0 radical (unpaired) electrons. The molecule has 5 rings (SSSR count). The zero-order valence-corrected chi connectivity index (χ0v) is 24.0. The van der Waals surface area contributed by atoms with Crippen LogP contribution >= 0.6 is 0 Å². The molecule has 0 aromatic heterocycles. The van der Waals surface area contributed by atoms with Gasteiger partial charge in [-0.15, -0.1) is 0 Å². The number of piperazine rings is 1. The fraction of sp³-hybridized carbons (Fsp3) is 0.314. The van der Waals surface area contributed by atoms with Gasteiger partial charge in [0.1, 0.15) is 6.61 Å². The maximum atomic E-state index is 13.4. The Labute approximate surface area is 242 Å². The van der Waals surface area contributed by atoms with E-state index in [9.17, 15) is 9.59 Å². The summed E-state index contributed by atoms with van der Waals surface area (Å²) in [4.78, 5) is 30.3. The van der Waals surface area contributed by atoms with E-state index in [2.05, 4.69) is 45.4 Å². The number of aryl methyl sites for hydroxylation is 1. The van der Waals surface area contributed by atoms with Gasteiger partial charge >= 0.3 is 5.97 Å². The Morgan fingerprint density at radius 3 is 2.41 bits per heavy atom. The molecule has 4 aromatic carbocycles. The first kappa shape index (κ1) is 28.4. The van der Waals surface area contributed by atoms with Crippen molar-refractivity contribution in [3.05, 3.63) is 113 Å². The number of benzene rings is 4. The standard InChI is InChI=1S/C35H39N3O3/c1-26-17-18-30(24-33(26)35(40)36-27(2)31-15-8-13-29-12-6-7-14-32(29)31)38-22-20-37(21-23-38)19-9-16-34(39)41-25-28-10-4-3-5-11-28/h3-8,10-15,17-18,24,27H,9,16,19-23,25H2,1-2H3,(H,36,40)/t27-/m1/s1. The number of nitrogens with one attached hydrogen (secondary N) is 1. The smallest absolute Gasteiger partial charge is 0.306 e. The molecule has 1 aliphatic heterocycles. The summed E-state index contributed by atoms with van der Waals surface area (Å²) in [6, 6.07) is 30.3. The van der Waals surface area contributed by atoms with E-state index in [4.69, 9.17) is 4.74 Å². The molecule has 212 valence electrons. The van der Waals surface area contributed by atoms with Crippen LogP contribution in [0.15, 0.2) is 91.0 Å². The first-order valence-electron chi connectivity index (χ1n) is 14.5. The zero-order chi connectivity index (χ0) is 28.6. The van der Waals surface area contributed by atoms with Gasteiger partial charge in [-0.1, -0.05) is 78.9 Å². The normalized spacial score (nSPS) is 14.5. The maximum absolute atomic E-state index is 13.4. The number of nitrogens with zero attached hydrogens (tertiary/aromatic N) is 2. The highest BCUT2D eigenvalue weighted by molar-refractivity contribution is 5.97. The summed E-state index contributed by atoms with van der Waals surface area (Å²) in [5.41, 5.74) is 4.88. The number of fused-ring (bicyclic) bond motifs is 1. The first-order chi connectivity index (χ1) is 20.0. The van der Waals surface area contributed by atoms with Crippen molar-refractivity contribution in [1.29, 1.82) is 0 Å². The van der Waals surface area contributed by atoms with Crippen LogP contribution in [0.25, 0.3) is 10.8 Å². The second-order valence-corrected chi connectivity index (χ2v) is 10.8. The number of rotatable bonds is 10. The van der Waals surface area contributed by atoms with Crippen LogP contribution in [-0.4, -0.2) is 49.5 Å². The molecule has 6 nitrogen and oxygen atoms in total. The van der Waals surface area contributed by atoms with Gasteiger partial charge in [0, 0.05) is 43.9 Å². The van der Waals surface area contributed by atoms with Crippen molar-refractivity contribution >= 4 is 28.3 Å². The molecule has 1 fully saturated rings. The molecule has 1 aliphatic rings. The van der Waals surface area contributed by atoms with Crippen LogP contribution < -0.4 is 10.2 Å². The quantitative estimate of drug-likeness (QED) is 0.236. The number of anilines is 1. The first-order valence-corrected chi connectivity index (χ1v) is 14.5. The number of amides is 1. The fourth-order valence-electron chi connectivity index (χ4n) is 5.52. The Balaban J connectivity index is 1.11. The highest BCUT2D eigenvalue weighted by Crippen LogP contribution is 2.26. The Morgan fingerprint density at radius 2 is 1.61 bits per heavy atom. The molecule has 0 saturated carbocycles. The summed E-state index contributed by atoms with van der Waals surface area (Å²) in [5.74, 6) is -0.199. The molecule has 0 unspecified atom stereocenters. The SMILES string of the molecule is Cc1ccc(N2CCN(CCCC(=O)OCc3ccccc3)CC2)cc1C(=O)N[C@H](C)c1cccc2ccccc12. The summed E-state index contributed by atoms with van der Waals surface area (Å²) < 4.78 is 5.40. The van der Waals surface area contributed by atoms with Gasteiger partial charge in [-0.05, 0) is 66.4 Å². The van der Waals surface area contributed by atoms with Crippen molar-refractivity contribution in [1.82, 2.24) is 10.2 Å². The molecular formula is C35H39N3O3. The Kier molecular flexibility index (Phi) is 9.32. The summed E-state index contributed by atoms with van der Waals surface area (Å²) in [6.45, 7) is 8.85. The van der Waals surface area contributed by atoms with Crippen molar-refractivity contribution in [2.45, 2.75) is 39.3 Å². The number of carbonyl (C=O) groups excluding carboxylic acids is 2. The molecule has 0 bridgehead atoms. The Morgan fingerprint density at radius 1 is 0.878 bits per heavy atom. The average molecular weight is 550 g/mol. The van der Waals surface area contributed by atoms with E-state index in [1.54, 1.807) is 0 Å². The van der Waals surface area contributed by atoms with Gasteiger partial charge in [0.05, 0.1) is 6.04 Å². The Bertz CT molecular complexity index is 1470. The highest BCUT2D eigenvalue weighted by atomic mass is 16.5. The minimum absolute atomic E-state index is 0.0532. The highest BCUT2D eigenvalue weighted by Gasteiger charge is 2.20. The van der Waals surface area contributed by atoms with Crippen LogP contribution in [0.5, 0.6) is 0 Å². The number of esters is 1.